The third-order valence-corrected chi connectivity index (χ3v) is 4.02. The van der Waals surface area contributed by atoms with Crippen LogP contribution in [0, 0.1) is 11.3 Å². The van der Waals surface area contributed by atoms with Crippen LogP contribution in [0.3, 0.4) is 0 Å². The van der Waals surface area contributed by atoms with Gasteiger partial charge < -0.3 is 10.6 Å². The Morgan fingerprint density at radius 1 is 1.37 bits per heavy atom. The predicted octanol–water partition coefficient (Wildman–Crippen LogP) is 2.93. The van der Waals surface area contributed by atoms with Crippen LogP contribution in [-0.4, -0.2) is 11.9 Å². The normalized spacial score (nSPS) is 20.4. The molecule has 1 atom stereocenters. The van der Waals surface area contributed by atoms with Gasteiger partial charge >= 0.3 is 0 Å². The molecule has 0 aliphatic heterocycles. The molecule has 1 aliphatic rings. The van der Waals surface area contributed by atoms with Gasteiger partial charge in [-0.05, 0) is 43.4 Å². The number of amides is 1. The van der Waals surface area contributed by atoms with Gasteiger partial charge in [-0.1, -0.05) is 26.0 Å². The summed E-state index contributed by atoms with van der Waals surface area (Å²) in [4.78, 5) is 14.5. The lowest BCUT2D eigenvalue weighted by molar-refractivity contribution is -0.120. The molecule has 1 aromatic carbocycles. The van der Waals surface area contributed by atoms with Crippen molar-refractivity contribution in [2.75, 3.05) is 4.90 Å². The Kier molecular flexibility index (Phi) is 3.68. The fourth-order valence-electron chi connectivity index (χ4n) is 2.53. The van der Waals surface area contributed by atoms with Gasteiger partial charge in [-0.3, -0.25) is 4.79 Å². The molecule has 1 amide bonds. The van der Waals surface area contributed by atoms with Crippen molar-refractivity contribution in [1.29, 1.82) is 0 Å². The lowest BCUT2D eigenvalue weighted by Crippen LogP contribution is -2.38. The summed E-state index contributed by atoms with van der Waals surface area (Å²) in [6, 6.07) is 8.16. The van der Waals surface area contributed by atoms with E-state index in [9.17, 15) is 4.79 Å². The minimum absolute atomic E-state index is 0.168. The van der Waals surface area contributed by atoms with Gasteiger partial charge in [0.2, 0.25) is 5.91 Å². The highest BCUT2D eigenvalue weighted by atomic mass is 16.2. The van der Waals surface area contributed by atoms with E-state index in [2.05, 4.69) is 27.7 Å². The molecule has 2 rings (SSSR count). The first-order chi connectivity index (χ1) is 8.86. The molecule has 2 N–H and O–H groups in total. The summed E-state index contributed by atoms with van der Waals surface area (Å²) in [7, 11) is 0. The molecule has 1 fully saturated rings. The Balaban J connectivity index is 2.22. The molecule has 1 aromatic rings. The summed E-state index contributed by atoms with van der Waals surface area (Å²) in [5.41, 5.74) is 7.84. The highest BCUT2D eigenvalue weighted by Gasteiger charge is 2.52. The summed E-state index contributed by atoms with van der Waals surface area (Å²) in [5, 5.41) is 0. The van der Waals surface area contributed by atoms with E-state index in [4.69, 9.17) is 5.73 Å². The molecule has 1 aliphatic carbocycles. The fourth-order valence-corrected chi connectivity index (χ4v) is 2.53. The van der Waals surface area contributed by atoms with E-state index in [0.29, 0.717) is 6.54 Å². The first-order valence-electron chi connectivity index (χ1n) is 6.99. The molecule has 1 saturated carbocycles. The molecule has 3 heteroatoms. The maximum absolute atomic E-state index is 12.6. The van der Waals surface area contributed by atoms with Crippen LogP contribution in [0.4, 0.5) is 5.69 Å². The molecule has 19 heavy (non-hydrogen) atoms. The second-order valence-electron chi connectivity index (χ2n) is 6.42. The van der Waals surface area contributed by atoms with Gasteiger partial charge in [0.05, 0.1) is 0 Å². The molecule has 0 radical (unpaired) electrons. The van der Waals surface area contributed by atoms with Gasteiger partial charge in [0.1, 0.15) is 0 Å². The Morgan fingerprint density at radius 3 is 2.26 bits per heavy atom. The lowest BCUT2D eigenvalue weighted by atomic mass is 10.1. The van der Waals surface area contributed by atoms with Gasteiger partial charge in [-0.2, -0.15) is 0 Å². The van der Waals surface area contributed by atoms with Crippen LogP contribution in [0.5, 0.6) is 0 Å². The van der Waals surface area contributed by atoms with E-state index < -0.39 is 0 Å². The first-order valence-corrected chi connectivity index (χ1v) is 6.99. The van der Waals surface area contributed by atoms with E-state index in [1.807, 2.05) is 29.2 Å². The quantitative estimate of drug-likeness (QED) is 0.904. The Morgan fingerprint density at radius 2 is 1.89 bits per heavy atom. The summed E-state index contributed by atoms with van der Waals surface area (Å²) >= 11 is 0. The van der Waals surface area contributed by atoms with E-state index in [0.717, 1.165) is 17.7 Å². The topological polar surface area (TPSA) is 46.3 Å². The smallest absolute Gasteiger partial charge is 0.230 e. The van der Waals surface area contributed by atoms with E-state index >= 15 is 0 Å². The highest BCUT2D eigenvalue weighted by Crippen LogP contribution is 2.52. The average Bonchev–Trinajstić information content (AvgIpc) is 2.99. The van der Waals surface area contributed by atoms with Crippen molar-refractivity contribution in [2.24, 2.45) is 17.1 Å². The largest absolute Gasteiger partial charge is 0.326 e. The zero-order valence-electron chi connectivity index (χ0n) is 12.3. The number of nitrogens with zero attached hydrogens (tertiary/aromatic N) is 1. The summed E-state index contributed by atoms with van der Waals surface area (Å²) < 4.78 is 0. The van der Waals surface area contributed by atoms with Crippen molar-refractivity contribution in [3.63, 3.8) is 0 Å². The zero-order valence-corrected chi connectivity index (χ0v) is 12.3. The van der Waals surface area contributed by atoms with Crippen molar-refractivity contribution >= 4 is 11.6 Å². The van der Waals surface area contributed by atoms with Gasteiger partial charge in [-0.25, -0.2) is 0 Å². The third-order valence-electron chi connectivity index (χ3n) is 4.02. The number of benzene rings is 1. The molecule has 0 spiro atoms. The second kappa shape index (κ2) is 4.97. The number of hydrogen-bond donors (Lipinski definition) is 1. The van der Waals surface area contributed by atoms with Crippen LogP contribution in [0.1, 0.15) is 39.7 Å². The van der Waals surface area contributed by atoms with Crippen molar-refractivity contribution in [1.82, 2.24) is 0 Å². The van der Waals surface area contributed by atoms with Crippen LogP contribution in [0.25, 0.3) is 0 Å². The lowest BCUT2D eigenvalue weighted by Gasteiger charge is -2.28. The average molecular weight is 260 g/mol. The van der Waals surface area contributed by atoms with Crippen LogP contribution < -0.4 is 10.6 Å². The Labute approximate surface area is 115 Å². The molecule has 3 nitrogen and oxygen atoms in total. The maximum Gasteiger partial charge on any atom is 0.230 e. The van der Waals surface area contributed by atoms with Crippen LogP contribution >= 0.6 is 0 Å². The van der Waals surface area contributed by atoms with Gasteiger partial charge in [0.25, 0.3) is 0 Å². The van der Waals surface area contributed by atoms with Crippen molar-refractivity contribution in [3.8, 4) is 0 Å². The molecule has 104 valence electrons. The number of anilines is 1. The van der Waals surface area contributed by atoms with Gasteiger partial charge in [0.15, 0.2) is 0 Å². The number of carbonyl (C=O) groups excluding carboxylic acids is 1. The zero-order chi connectivity index (χ0) is 14.2. The highest BCUT2D eigenvalue weighted by molar-refractivity contribution is 5.97. The number of carbonyl (C=O) groups is 1. The van der Waals surface area contributed by atoms with Crippen molar-refractivity contribution < 1.29 is 4.79 Å². The predicted molar refractivity (Wildman–Crippen MR) is 78.8 cm³/mol. The molecule has 0 heterocycles. The first kappa shape index (κ1) is 14.1. The van der Waals surface area contributed by atoms with Crippen LogP contribution in [0.15, 0.2) is 24.3 Å². The minimum atomic E-state index is 0.168. The van der Waals surface area contributed by atoms with Crippen molar-refractivity contribution in [2.45, 2.75) is 46.7 Å². The molecule has 0 saturated heterocycles. The van der Waals surface area contributed by atoms with Crippen LogP contribution in [0.2, 0.25) is 0 Å². The number of rotatable bonds is 4. The fraction of sp³-hybridized carbons (Fsp3) is 0.562. The molecule has 0 aromatic heterocycles. The molecule has 0 bridgehead atoms. The third kappa shape index (κ3) is 2.81. The monoisotopic (exact) mass is 260 g/mol. The summed E-state index contributed by atoms with van der Waals surface area (Å²) in [6.45, 7) is 8.97. The molecule has 1 unspecified atom stereocenters. The summed E-state index contributed by atoms with van der Waals surface area (Å²) in [6.07, 6.45) is 0.996. The Bertz CT molecular complexity index is 462. The number of hydrogen-bond acceptors (Lipinski definition) is 2. The minimum Gasteiger partial charge on any atom is -0.326 e. The standard InChI is InChI=1S/C16H24N2O/c1-11(2)18(15(19)14-9-16(14,3)4)13-7-5-12(10-17)6-8-13/h5-8,11,14H,9-10,17H2,1-4H3. The molecular weight excluding hydrogens is 236 g/mol. The van der Waals surface area contributed by atoms with E-state index in [1.165, 1.54) is 0 Å². The molecular formula is C16H24N2O. The maximum atomic E-state index is 12.6. The summed E-state index contributed by atoms with van der Waals surface area (Å²) in [5.74, 6) is 0.421. The Hall–Kier alpha value is -1.35. The van der Waals surface area contributed by atoms with Gasteiger partial charge in [-0.15, -0.1) is 0 Å². The van der Waals surface area contributed by atoms with Crippen molar-refractivity contribution in [3.05, 3.63) is 29.8 Å². The van der Waals surface area contributed by atoms with E-state index in [1.54, 1.807) is 0 Å². The number of nitrogens with two attached hydrogens (primary N) is 1. The van der Waals surface area contributed by atoms with Crippen LogP contribution in [-0.2, 0) is 11.3 Å². The van der Waals surface area contributed by atoms with E-state index in [-0.39, 0.29) is 23.3 Å². The second-order valence-corrected chi connectivity index (χ2v) is 6.42. The van der Waals surface area contributed by atoms with Gasteiger partial charge in [0, 0.05) is 24.2 Å². The SMILES string of the molecule is CC(C)N(C(=O)C1CC1(C)C)c1ccc(CN)cc1.